The highest BCUT2D eigenvalue weighted by atomic mass is 32.1. The van der Waals surface area contributed by atoms with E-state index in [2.05, 4.69) is 0 Å². The zero-order valence-corrected chi connectivity index (χ0v) is 10.0. The minimum absolute atomic E-state index is 0.0376. The van der Waals surface area contributed by atoms with Gasteiger partial charge in [0.1, 0.15) is 6.10 Å². The Hall–Kier alpha value is -0.680. The Morgan fingerprint density at radius 1 is 1.73 bits per heavy atom. The van der Waals surface area contributed by atoms with Crippen molar-refractivity contribution in [2.24, 2.45) is 11.7 Å². The van der Waals surface area contributed by atoms with Crippen LogP contribution < -0.4 is 5.73 Å². The van der Waals surface area contributed by atoms with Crippen LogP contribution in [0, 0.1) is 5.92 Å². The number of likely N-dealkylation sites (N-methyl/N-ethyl adjacent to an activating group) is 1. The lowest BCUT2D eigenvalue weighted by Crippen LogP contribution is -2.40. The largest absolute Gasteiger partial charge is 0.393 e. The predicted octanol–water partition coefficient (Wildman–Crippen LogP) is 0.546. The maximum absolute atomic E-state index is 11.8. The van der Waals surface area contributed by atoms with Crippen LogP contribution in [0.25, 0.3) is 0 Å². The van der Waals surface area contributed by atoms with Crippen LogP contribution in [0.3, 0.4) is 0 Å². The smallest absolute Gasteiger partial charge is 0.251 e. The van der Waals surface area contributed by atoms with E-state index in [9.17, 15) is 4.79 Å². The van der Waals surface area contributed by atoms with Crippen molar-refractivity contribution in [2.75, 3.05) is 20.2 Å². The molecule has 0 bridgehead atoms. The summed E-state index contributed by atoms with van der Waals surface area (Å²) in [5.74, 6) is 0.0888. The number of ether oxygens (including phenoxy) is 1. The van der Waals surface area contributed by atoms with Gasteiger partial charge in [0.2, 0.25) is 0 Å². The average molecular weight is 230 g/mol. The van der Waals surface area contributed by atoms with Gasteiger partial charge in [0, 0.05) is 26.1 Å². The third-order valence-electron chi connectivity index (χ3n) is 2.61. The Bertz CT molecular complexity index is 252. The molecule has 1 aliphatic rings. The number of rotatable bonds is 4. The van der Waals surface area contributed by atoms with E-state index in [0.29, 0.717) is 18.1 Å². The molecular formula is C10H18N2O2S. The van der Waals surface area contributed by atoms with Gasteiger partial charge in [-0.05, 0) is 12.8 Å². The molecule has 1 amide bonds. The minimum atomic E-state index is -0.256. The van der Waals surface area contributed by atoms with E-state index in [-0.39, 0.29) is 17.9 Å². The molecule has 4 nitrogen and oxygen atoms in total. The monoisotopic (exact) mass is 230 g/mol. The van der Waals surface area contributed by atoms with Crippen LogP contribution in [0.1, 0.15) is 19.8 Å². The summed E-state index contributed by atoms with van der Waals surface area (Å²) in [6.07, 6.45) is 1.54. The van der Waals surface area contributed by atoms with Crippen molar-refractivity contribution in [3.05, 3.63) is 0 Å². The highest BCUT2D eigenvalue weighted by Crippen LogP contribution is 2.14. The second kappa shape index (κ2) is 5.42. The second-order valence-corrected chi connectivity index (χ2v) is 4.50. The first-order valence-electron chi connectivity index (χ1n) is 5.18. The topological polar surface area (TPSA) is 55.6 Å². The molecule has 2 unspecified atom stereocenters. The van der Waals surface area contributed by atoms with Crippen LogP contribution in [-0.4, -0.2) is 42.1 Å². The number of nitrogens with two attached hydrogens (primary N) is 1. The lowest BCUT2D eigenvalue weighted by Gasteiger charge is -2.23. The molecule has 0 spiro atoms. The number of nitrogens with zero attached hydrogens (tertiary/aromatic N) is 1. The number of amides is 1. The molecular weight excluding hydrogens is 212 g/mol. The maximum Gasteiger partial charge on any atom is 0.251 e. The van der Waals surface area contributed by atoms with Crippen molar-refractivity contribution in [3.63, 3.8) is 0 Å². The molecule has 86 valence electrons. The van der Waals surface area contributed by atoms with Gasteiger partial charge in [-0.2, -0.15) is 0 Å². The molecule has 2 atom stereocenters. The molecule has 5 heteroatoms. The number of hydrogen-bond donors (Lipinski definition) is 1. The average Bonchev–Trinajstić information content (AvgIpc) is 2.68. The van der Waals surface area contributed by atoms with Crippen LogP contribution in [0.2, 0.25) is 0 Å². The molecule has 0 aromatic carbocycles. The van der Waals surface area contributed by atoms with Crippen LogP contribution in [-0.2, 0) is 9.53 Å². The van der Waals surface area contributed by atoms with Gasteiger partial charge in [-0.25, -0.2) is 0 Å². The van der Waals surface area contributed by atoms with Crippen molar-refractivity contribution in [3.8, 4) is 0 Å². The fourth-order valence-electron chi connectivity index (χ4n) is 1.61. The molecule has 1 rings (SSSR count). The van der Waals surface area contributed by atoms with Gasteiger partial charge >= 0.3 is 0 Å². The lowest BCUT2D eigenvalue weighted by molar-refractivity contribution is -0.139. The van der Waals surface area contributed by atoms with Crippen LogP contribution >= 0.6 is 12.2 Å². The van der Waals surface area contributed by atoms with Gasteiger partial charge in [0.25, 0.3) is 5.91 Å². The first-order valence-corrected chi connectivity index (χ1v) is 5.59. The highest BCUT2D eigenvalue weighted by Gasteiger charge is 2.27. The zero-order chi connectivity index (χ0) is 11.4. The van der Waals surface area contributed by atoms with Crippen LogP contribution in [0.15, 0.2) is 0 Å². The standard InChI is InChI=1S/C10H18N2O2S/c1-7(9(11)15)6-12(2)10(13)8-4-3-5-14-8/h7-8H,3-6H2,1-2H3,(H2,11,15). The number of carbonyl (C=O) groups excluding carboxylic acids is 1. The van der Waals surface area contributed by atoms with Crippen molar-refractivity contribution >= 4 is 23.1 Å². The summed E-state index contributed by atoms with van der Waals surface area (Å²) < 4.78 is 5.32. The molecule has 2 N–H and O–H groups in total. The van der Waals surface area contributed by atoms with E-state index < -0.39 is 0 Å². The summed E-state index contributed by atoms with van der Waals surface area (Å²) in [6.45, 7) is 3.17. The Labute approximate surface area is 95.8 Å². The van der Waals surface area contributed by atoms with E-state index in [0.717, 1.165) is 12.8 Å². The first kappa shape index (κ1) is 12.4. The SMILES string of the molecule is CC(CN(C)C(=O)C1CCCO1)C(N)=S. The summed E-state index contributed by atoms with van der Waals surface area (Å²) in [4.78, 5) is 13.9. The Balaban J connectivity index is 2.41. The van der Waals surface area contributed by atoms with E-state index in [4.69, 9.17) is 22.7 Å². The number of hydrogen-bond acceptors (Lipinski definition) is 3. The number of carbonyl (C=O) groups is 1. The van der Waals surface area contributed by atoms with Crippen LogP contribution in [0.5, 0.6) is 0 Å². The highest BCUT2D eigenvalue weighted by molar-refractivity contribution is 7.80. The first-order chi connectivity index (χ1) is 7.02. The van der Waals surface area contributed by atoms with Crippen molar-refractivity contribution < 1.29 is 9.53 Å². The molecule has 1 heterocycles. The van der Waals surface area contributed by atoms with E-state index in [1.54, 1.807) is 11.9 Å². The second-order valence-electron chi connectivity index (χ2n) is 4.02. The Morgan fingerprint density at radius 3 is 2.87 bits per heavy atom. The summed E-state index contributed by atoms with van der Waals surface area (Å²) in [6, 6.07) is 0. The molecule has 0 saturated carbocycles. The Kier molecular flexibility index (Phi) is 4.47. The summed E-state index contributed by atoms with van der Waals surface area (Å²) in [5, 5.41) is 0. The van der Waals surface area contributed by atoms with E-state index in [1.165, 1.54) is 0 Å². The summed E-state index contributed by atoms with van der Waals surface area (Å²) in [7, 11) is 1.76. The normalized spacial score (nSPS) is 22.4. The van der Waals surface area contributed by atoms with Gasteiger partial charge in [-0.1, -0.05) is 19.1 Å². The van der Waals surface area contributed by atoms with Crippen molar-refractivity contribution in [2.45, 2.75) is 25.9 Å². The van der Waals surface area contributed by atoms with Crippen molar-refractivity contribution in [1.82, 2.24) is 4.90 Å². The maximum atomic E-state index is 11.8. The third-order valence-corrected chi connectivity index (χ3v) is 3.02. The van der Waals surface area contributed by atoms with E-state index >= 15 is 0 Å². The molecule has 1 fully saturated rings. The van der Waals surface area contributed by atoms with Gasteiger partial charge < -0.3 is 15.4 Å². The fraction of sp³-hybridized carbons (Fsp3) is 0.800. The molecule has 15 heavy (non-hydrogen) atoms. The van der Waals surface area contributed by atoms with E-state index in [1.807, 2.05) is 6.92 Å². The predicted molar refractivity (Wildman–Crippen MR) is 62.6 cm³/mol. The van der Waals surface area contributed by atoms with Crippen LogP contribution in [0.4, 0.5) is 0 Å². The van der Waals surface area contributed by atoms with Gasteiger partial charge in [-0.3, -0.25) is 4.79 Å². The quantitative estimate of drug-likeness (QED) is 0.716. The van der Waals surface area contributed by atoms with Gasteiger partial charge in [0.05, 0.1) is 4.99 Å². The fourth-order valence-corrected chi connectivity index (χ4v) is 1.68. The van der Waals surface area contributed by atoms with Gasteiger partial charge in [0.15, 0.2) is 0 Å². The zero-order valence-electron chi connectivity index (χ0n) is 9.23. The third kappa shape index (κ3) is 3.43. The minimum Gasteiger partial charge on any atom is -0.393 e. The number of thiocarbonyl (C=S) groups is 1. The van der Waals surface area contributed by atoms with Gasteiger partial charge in [-0.15, -0.1) is 0 Å². The lowest BCUT2D eigenvalue weighted by atomic mass is 10.1. The molecule has 1 aliphatic heterocycles. The molecule has 0 aromatic rings. The molecule has 0 radical (unpaired) electrons. The summed E-state index contributed by atoms with van der Waals surface area (Å²) >= 11 is 4.87. The van der Waals surface area contributed by atoms with Crippen molar-refractivity contribution in [1.29, 1.82) is 0 Å². The summed E-state index contributed by atoms with van der Waals surface area (Å²) in [5.41, 5.74) is 5.50. The molecule has 0 aromatic heterocycles. The molecule has 1 saturated heterocycles. The Morgan fingerprint density at radius 2 is 2.40 bits per heavy atom. The molecule has 0 aliphatic carbocycles.